The Morgan fingerprint density at radius 2 is 1.87 bits per heavy atom. The highest BCUT2D eigenvalue weighted by atomic mass is 32.2. The van der Waals surface area contributed by atoms with E-state index in [9.17, 15) is 9.59 Å². The molecule has 1 fully saturated rings. The molecule has 196 valence electrons. The van der Waals surface area contributed by atoms with Crippen LogP contribution < -0.4 is 10.2 Å². The molecule has 1 unspecified atom stereocenters. The quantitative estimate of drug-likeness (QED) is 0.369. The maximum absolute atomic E-state index is 13.6. The number of amides is 2. The molecule has 0 spiro atoms. The van der Waals surface area contributed by atoms with Gasteiger partial charge in [-0.15, -0.1) is 0 Å². The minimum Gasteiger partial charge on any atom is -0.351 e. The van der Waals surface area contributed by atoms with Gasteiger partial charge in [0.25, 0.3) is 11.8 Å². The van der Waals surface area contributed by atoms with Crippen LogP contribution in [0.15, 0.2) is 82.6 Å². The van der Waals surface area contributed by atoms with Crippen molar-refractivity contribution in [3.63, 3.8) is 0 Å². The zero-order chi connectivity index (χ0) is 26.5. The highest BCUT2D eigenvalue weighted by Gasteiger charge is 2.29. The van der Waals surface area contributed by atoms with Crippen molar-refractivity contribution >= 4 is 35.3 Å². The fourth-order valence-corrected chi connectivity index (χ4v) is 6.26. The highest BCUT2D eigenvalue weighted by molar-refractivity contribution is 8.04. The Kier molecular flexibility index (Phi) is 8.30. The number of nitrogens with one attached hydrogen (secondary N) is 1. The van der Waals surface area contributed by atoms with E-state index in [4.69, 9.17) is 0 Å². The summed E-state index contributed by atoms with van der Waals surface area (Å²) in [6.07, 6.45) is 5.70. The van der Waals surface area contributed by atoms with Gasteiger partial charge >= 0.3 is 0 Å². The maximum atomic E-state index is 13.6. The summed E-state index contributed by atoms with van der Waals surface area (Å²) in [6, 6.07) is 24.4. The van der Waals surface area contributed by atoms with E-state index in [2.05, 4.69) is 48.3 Å². The number of carbonyl (C=O) groups excluding carboxylic acids is 2. The third kappa shape index (κ3) is 6.20. The fourth-order valence-electron chi connectivity index (χ4n) is 5.20. The van der Waals surface area contributed by atoms with Crippen LogP contribution in [0.2, 0.25) is 0 Å². The first-order valence-corrected chi connectivity index (χ1v) is 14.3. The molecule has 0 saturated carbocycles. The van der Waals surface area contributed by atoms with Crippen molar-refractivity contribution in [1.29, 1.82) is 0 Å². The van der Waals surface area contributed by atoms with Crippen LogP contribution in [0.1, 0.15) is 53.2 Å². The normalized spacial score (nSPS) is 18.9. The molecule has 3 aromatic rings. The second-order valence-electron chi connectivity index (χ2n) is 10.2. The van der Waals surface area contributed by atoms with E-state index in [-0.39, 0.29) is 11.8 Å². The van der Waals surface area contributed by atoms with Crippen LogP contribution in [0.5, 0.6) is 0 Å². The molecule has 0 radical (unpaired) electrons. The van der Waals surface area contributed by atoms with Crippen LogP contribution in [0.3, 0.4) is 0 Å². The Bertz CT molecular complexity index is 1330. The van der Waals surface area contributed by atoms with E-state index >= 15 is 0 Å². The predicted molar refractivity (Wildman–Crippen MR) is 156 cm³/mol. The van der Waals surface area contributed by atoms with Gasteiger partial charge in [-0.3, -0.25) is 14.5 Å². The number of rotatable bonds is 7. The van der Waals surface area contributed by atoms with Crippen LogP contribution >= 0.6 is 11.8 Å². The van der Waals surface area contributed by atoms with E-state index in [1.54, 1.807) is 0 Å². The molecule has 1 saturated heterocycles. The number of nitrogens with zero attached hydrogens (tertiary/aromatic N) is 2. The van der Waals surface area contributed by atoms with E-state index < -0.39 is 0 Å². The molecule has 2 aliphatic heterocycles. The standard InChI is InChI=1S/C32H35N3O2S/c1-23-8-7-10-26(20-23)22-35-28-11-3-4-12-29(28)38-30(32(35)37)21-25-13-15-27(16-14-25)31(36)33-17-19-34-18-6-5-9-24(34)2/h3-4,7-8,10-16,20-21,24H,5-6,9,17-19,22H2,1-2H3,(H,33,36). The average molecular weight is 526 g/mol. The van der Waals surface area contributed by atoms with Gasteiger partial charge in [0.2, 0.25) is 0 Å². The summed E-state index contributed by atoms with van der Waals surface area (Å²) in [5.74, 6) is -0.0702. The van der Waals surface area contributed by atoms with E-state index in [1.165, 1.54) is 36.6 Å². The molecule has 2 amide bonds. The number of hydrogen-bond donors (Lipinski definition) is 1. The van der Waals surface area contributed by atoms with Gasteiger partial charge in [-0.1, -0.05) is 72.3 Å². The lowest BCUT2D eigenvalue weighted by Crippen LogP contribution is -2.42. The average Bonchev–Trinajstić information content (AvgIpc) is 2.92. The molecular weight excluding hydrogens is 490 g/mol. The van der Waals surface area contributed by atoms with Crippen molar-refractivity contribution < 1.29 is 9.59 Å². The lowest BCUT2D eigenvalue weighted by Gasteiger charge is -2.33. The van der Waals surface area contributed by atoms with Gasteiger partial charge in [-0.25, -0.2) is 0 Å². The topological polar surface area (TPSA) is 52.7 Å². The number of likely N-dealkylation sites (tertiary alicyclic amines) is 1. The molecule has 3 aromatic carbocycles. The molecule has 0 aliphatic carbocycles. The lowest BCUT2D eigenvalue weighted by atomic mass is 10.0. The first-order valence-electron chi connectivity index (χ1n) is 13.5. The van der Waals surface area contributed by atoms with Crippen molar-refractivity contribution in [1.82, 2.24) is 10.2 Å². The third-order valence-corrected chi connectivity index (χ3v) is 8.43. The van der Waals surface area contributed by atoms with Gasteiger partial charge in [0, 0.05) is 29.6 Å². The Morgan fingerprint density at radius 3 is 2.66 bits per heavy atom. The minimum atomic E-state index is -0.0600. The molecule has 6 heteroatoms. The SMILES string of the molecule is Cc1cccc(CN2C(=O)C(=Cc3ccc(C(=O)NCCN4CCCCC4C)cc3)Sc3ccccc32)c1. The number of hydrogen-bond acceptors (Lipinski definition) is 4. The van der Waals surface area contributed by atoms with Gasteiger partial charge in [-0.05, 0) is 74.7 Å². The monoisotopic (exact) mass is 525 g/mol. The first-order chi connectivity index (χ1) is 18.5. The summed E-state index contributed by atoms with van der Waals surface area (Å²) < 4.78 is 0. The zero-order valence-corrected chi connectivity index (χ0v) is 23.0. The van der Waals surface area contributed by atoms with Gasteiger partial charge < -0.3 is 10.2 Å². The van der Waals surface area contributed by atoms with Gasteiger partial charge in [0.05, 0.1) is 17.1 Å². The number of piperidine rings is 1. The predicted octanol–water partition coefficient (Wildman–Crippen LogP) is 6.28. The molecule has 2 heterocycles. The van der Waals surface area contributed by atoms with Crippen LogP contribution in [0, 0.1) is 6.92 Å². The molecule has 2 aliphatic rings. The van der Waals surface area contributed by atoms with Crippen LogP contribution in [-0.4, -0.2) is 42.4 Å². The summed E-state index contributed by atoms with van der Waals surface area (Å²) in [4.78, 5) is 32.3. The Balaban J connectivity index is 1.27. The lowest BCUT2D eigenvalue weighted by molar-refractivity contribution is -0.114. The Morgan fingerprint density at radius 1 is 1.05 bits per heavy atom. The molecule has 0 aromatic heterocycles. The smallest absolute Gasteiger partial charge is 0.265 e. The Hall–Kier alpha value is -3.35. The van der Waals surface area contributed by atoms with Crippen LogP contribution in [0.4, 0.5) is 5.69 Å². The second-order valence-corrected chi connectivity index (χ2v) is 11.3. The molecule has 1 N–H and O–H groups in total. The van der Waals surface area contributed by atoms with Crippen LogP contribution in [0.25, 0.3) is 6.08 Å². The van der Waals surface area contributed by atoms with Crippen LogP contribution in [-0.2, 0) is 11.3 Å². The summed E-state index contributed by atoms with van der Waals surface area (Å²) in [5, 5.41) is 3.06. The van der Waals surface area contributed by atoms with Crippen molar-refractivity contribution in [2.24, 2.45) is 0 Å². The molecule has 5 rings (SSSR count). The minimum absolute atomic E-state index is 0.0102. The van der Waals surface area contributed by atoms with Gasteiger partial charge in [0.1, 0.15) is 0 Å². The molecular formula is C32H35N3O2S. The summed E-state index contributed by atoms with van der Waals surface area (Å²) in [6.45, 7) is 7.50. The molecule has 5 nitrogen and oxygen atoms in total. The van der Waals surface area contributed by atoms with Crippen molar-refractivity contribution in [3.05, 3.63) is 100.0 Å². The molecule has 0 bridgehead atoms. The van der Waals surface area contributed by atoms with E-state index in [1.807, 2.05) is 59.5 Å². The third-order valence-electron chi connectivity index (χ3n) is 7.35. The highest BCUT2D eigenvalue weighted by Crippen LogP contribution is 2.42. The number of benzene rings is 3. The number of thioether (sulfide) groups is 1. The number of fused-ring (bicyclic) bond motifs is 1. The zero-order valence-electron chi connectivity index (χ0n) is 22.2. The molecule has 1 atom stereocenters. The summed E-state index contributed by atoms with van der Waals surface area (Å²) >= 11 is 1.50. The number of para-hydroxylation sites is 1. The fraction of sp³-hybridized carbons (Fsp3) is 0.312. The second kappa shape index (κ2) is 12.0. The largest absolute Gasteiger partial charge is 0.351 e. The Labute approximate surface area is 229 Å². The van der Waals surface area contributed by atoms with Crippen molar-refractivity contribution in [2.45, 2.75) is 50.6 Å². The molecule has 38 heavy (non-hydrogen) atoms. The summed E-state index contributed by atoms with van der Waals surface area (Å²) in [7, 11) is 0. The summed E-state index contributed by atoms with van der Waals surface area (Å²) in [5.41, 5.74) is 4.74. The van der Waals surface area contributed by atoms with E-state index in [0.717, 1.165) is 34.8 Å². The van der Waals surface area contributed by atoms with Crippen molar-refractivity contribution in [3.8, 4) is 0 Å². The number of carbonyl (C=O) groups is 2. The number of anilines is 1. The van der Waals surface area contributed by atoms with Gasteiger partial charge in [-0.2, -0.15) is 0 Å². The van der Waals surface area contributed by atoms with Crippen molar-refractivity contribution in [2.75, 3.05) is 24.5 Å². The first kappa shape index (κ1) is 26.3. The number of aryl methyl sites for hydroxylation is 1. The van der Waals surface area contributed by atoms with E-state index in [0.29, 0.717) is 29.6 Å². The maximum Gasteiger partial charge on any atom is 0.265 e. The van der Waals surface area contributed by atoms with Gasteiger partial charge in [0.15, 0.2) is 0 Å².